The van der Waals surface area contributed by atoms with Crippen LogP contribution in [0, 0.1) is 0 Å². The molecule has 0 aliphatic heterocycles. The predicted molar refractivity (Wildman–Crippen MR) is 180 cm³/mol. The van der Waals surface area contributed by atoms with Crippen LogP contribution in [0.5, 0.6) is 11.5 Å². The second-order valence-electron chi connectivity index (χ2n) is 10.7. The lowest BCUT2D eigenvalue weighted by atomic mass is 10.0. The topological polar surface area (TPSA) is 225 Å². The zero-order valence-corrected chi connectivity index (χ0v) is 28.0. The molecule has 6 aromatic rings. The molecule has 49 heavy (non-hydrogen) atoms. The first-order chi connectivity index (χ1) is 23.5. The van der Waals surface area contributed by atoms with Crippen molar-refractivity contribution in [1.82, 2.24) is 39.5 Å². The minimum absolute atomic E-state index is 0.0197. The van der Waals surface area contributed by atoms with Gasteiger partial charge in [0.05, 0.1) is 42.7 Å². The van der Waals surface area contributed by atoms with Crippen molar-refractivity contribution < 1.29 is 26.3 Å². The molecule has 0 amide bonds. The summed E-state index contributed by atoms with van der Waals surface area (Å²) in [6, 6.07) is 21.7. The van der Waals surface area contributed by atoms with Crippen LogP contribution in [-0.4, -0.2) is 78.2 Å². The number of nitrogen functional groups attached to an aromatic ring is 1. The Kier molecular flexibility index (Phi) is 9.28. The van der Waals surface area contributed by atoms with Crippen molar-refractivity contribution in [3.8, 4) is 34.1 Å². The van der Waals surface area contributed by atoms with Gasteiger partial charge in [0.15, 0.2) is 15.5 Å². The van der Waals surface area contributed by atoms with Gasteiger partial charge in [-0.3, -0.25) is 0 Å². The number of sulfone groups is 1. The number of methoxy groups -OCH3 is 2. The van der Waals surface area contributed by atoms with E-state index >= 15 is 0 Å². The van der Waals surface area contributed by atoms with E-state index in [1.165, 1.54) is 28.6 Å². The Balaban J connectivity index is 1.57. The number of hydrogen-bond donors (Lipinski definition) is 3. The molecular formula is C31H32N10O6S2. The molecule has 0 radical (unpaired) electrons. The fourth-order valence-electron chi connectivity index (χ4n) is 5.20. The summed E-state index contributed by atoms with van der Waals surface area (Å²) in [5.74, 6) is 0.566. The summed E-state index contributed by atoms with van der Waals surface area (Å²) >= 11 is 0. The van der Waals surface area contributed by atoms with Gasteiger partial charge in [-0.2, -0.15) is 9.78 Å². The van der Waals surface area contributed by atoms with Crippen molar-refractivity contribution in [2.75, 3.05) is 32.3 Å². The van der Waals surface area contributed by atoms with Gasteiger partial charge in [0, 0.05) is 18.7 Å². The number of ether oxygens (including phenoxy) is 2. The lowest BCUT2D eigenvalue weighted by Gasteiger charge is -2.18. The van der Waals surface area contributed by atoms with E-state index in [0.29, 0.717) is 28.4 Å². The second-order valence-corrected chi connectivity index (χ2v) is 14.5. The maximum Gasteiger partial charge on any atom is 0.242 e. The molecule has 0 saturated carbocycles. The van der Waals surface area contributed by atoms with Crippen LogP contribution >= 0.6 is 0 Å². The number of aromatic nitrogens is 7. The van der Waals surface area contributed by atoms with E-state index in [1.54, 1.807) is 61.7 Å². The average Bonchev–Trinajstić information content (AvgIpc) is 3.72. The summed E-state index contributed by atoms with van der Waals surface area (Å²) in [7, 11) is -5.79. The van der Waals surface area contributed by atoms with E-state index in [4.69, 9.17) is 20.9 Å². The van der Waals surface area contributed by atoms with Crippen molar-refractivity contribution in [3.05, 3.63) is 90.0 Å². The molecule has 18 heteroatoms. The number of fused-ring (bicyclic) bond motifs is 1. The standard InChI is InChI=1S/C31H32N10O6S2/c1-46-22-10-6-20(7-11-22)18-34-49(44,45)29-26(48(42,43)17-16-32)15-14-24(25-4-3-5-27-35-31(33)38-41(25)27)28(29)30-36-39-40(37-30)19-21-8-12-23(47-2)13-9-21/h3-15,34H,16-19,32H2,1-2H3,(H2,33,38). The zero-order valence-electron chi connectivity index (χ0n) is 26.4. The number of pyridine rings is 1. The molecule has 0 saturated heterocycles. The molecule has 5 N–H and O–H groups in total. The summed E-state index contributed by atoms with van der Waals surface area (Å²) < 4.78 is 70.6. The molecule has 0 spiro atoms. The van der Waals surface area contributed by atoms with E-state index in [2.05, 4.69) is 30.2 Å². The molecule has 254 valence electrons. The van der Waals surface area contributed by atoms with E-state index in [0.717, 1.165) is 5.56 Å². The van der Waals surface area contributed by atoms with Crippen LogP contribution in [0.1, 0.15) is 11.1 Å². The van der Waals surface area contributed by atoms with Gasteiger partial charge in [0.25, 0.3) is 0 Å². The number of rotatable bonds is 13. The molecule has 6 rings (SSSR count). The first kappa shape index (κ1) is 33.5. The van der Waals surface area contributed by atoms with E-state index in [-0.39, 0.29) is 42.5 Å². The maximum atomic E-state index is 14.4. The molecule has 0 aliphatic rings. The monoisotopic (exact) mass is 704 g/mol. The van der Waals surface area contributed by atoms with Crippen molar-refractivity contribution in [1.29, 1.82) is 0 Å². The number of sulfonamides is 1. The maximum absolute atomic E-state index is 14.4. The fraction of sp³-hybridized carbons (Fsp3) is 0.194. The molecule has 3 aromatic heterocycles. The summed E-state index contributed by atoms with van der Waals surface area (Å²) in [6.45, 7) is -0.240. The highest BCUT2D eigenvalue weighted by atomic mass is 32.2. The lowest BCUT2D eigenvalue weighted by Crippen LogP contribution is -2.27. The Labute approximate surface area is 281 Å². The number of nitrogens with zero attached hydrogens (tertiary/aromatic N) is 7. The Hall–Kier alpha value is -5.43. The van der Waals surface area contributed by atoms with Crippen LogP contribution < -0.4 is 25.7 Å². The third kappa shape index (κ3) is 6.93. The molecule has 0 bridgehead atoms. The van der Waals surface area contributed by atoms with E-state index in [9.17, 15) is 16.8 Å². The van der Waals surface area contributed by atoms with Crippen molar-refractivity contribution in [2.45, 2.75) is 22.9 Å². The number of hydrogen-bond acceptors (Lipinski definition) is 13. The number of anilines is 1. The number of benzene rings is 3. The SMILES string of the molecule is COc1ccc(CNS(=O)(=O)c2c(S(=O)(=O)CCN)ccc(-c3cccc4nc(N)nn34)c2-c2nnn(Cc3ccc(OC)cc3)n2)cc1. The molecule has 0 atom stereocenters. The zero-order chi connectivity index (χ0) is 34.8. The van der Waals surface area contributed by atoms with Crippen LogP contribution in [-0.2, 0) is 33.0 Å². The summed E-state index contributed by atoms with van der Waals surface area (Å²) in [5.41, 5.74) is 13.8. The van der Waals surface area contributed by atoms with Crippen LogP contribution in [0.4, 0.5) is 5.95 Å². The van der Waals surface area contributed by atoms with Crippen LogP contribution in [0.15, 0.2) is 88.7 Å². The summed E-state index contributed by atoms with van der Waals surface area (Å²) in [6.07, 6.45) is 0. The van der Waals surface area contributed by atoms with Crippen molar-refractivity contribution in [3.63, 3.8) is 0 Å². The molecular weight excluding hydrogens is 673 g/mol. The third-order valence-corrected chi connectivity index (χ3v) is 10.9. The van der Waals surface area contributed by atoms with Gasteiger partial charge in [0.1, 0.15) is 16.4 Å². The first-order valence-corrected chi connectivity index (χ1v) is 17.9. The quantitative estimate of drug-likeness (QED) is 0.156. The van der Waals surface area contributed by atoms with Gasteiger partial charge in [-0.25, -0.2) is 26.1 Å². The largest absolute Gasteiger partial charge is 0.497 e. The lowest BCUT2D eigenvalue weighted by molar-refractivity contribution is 0.414. The van der Waals surface area contributed by atoms with Gasteiger partial charge in [-0.05, 0) is 58.8 Å². The van der Waals surface area contributed by atoms with Crippen molar-refractivity contribution >= 4 is 31.5 Å². The number of nitrogens with two attached hydrogens (primary N) is 2. The highest BCUT2D eigenvalue weighted by Crippen LogP contribution is 2.40. The van der Waals surface area contributed by atoms with E-state index < -0.39 is 35.4 Å². The minimum Gasteiger partial charge on any atom is -0.497 e. The Morgan fingerprint density at radius 3 is 2.16 bits per heavy atom. The summed E-state index contributed by atoms with van der Waals surface area (Å²) in [4.78, 5) is 4.45. The number of tetrazole rings is 1. The predicted octanol–water partition coefficient (Wildman–Crippen LogP) is 1.91. The van der Waals surface area contributed by atoms with Gasteiger partial charge in [0.2, 0.25) is 21.8 Å². The minimum atomic E-state index is -4.62. The normalized spacial score (nSPS) is 12.0. The first-order valence-electron chi connectivity index (χ1n) is 14.8. The van der Waals surface area contributed by atoms with Crippen LogP contribution in [0.25, 0.3) is 28.3 Å². The van der Waals surface area contributed by atoms with Crippen LogP contribution in [0.2, 0.25) is 0 Å². The van der Waals surface area contributed by atoms with E-state index in [1.807, 2.05) is 12.1 Å². The second kappa shape index (κ2) is 13.6. The Bertz CT molecular complexity index is 2340. The molecule has 0 fully saturated rings. The van der Waals surface area contributed by atoms with Gasteiger partial charge < -0.3 is 20.9 Å². The highest BCUT2D eigenvalue weighted by molar-refractivity contribution is 7.93. The number of nitrogens with one attached hydrogen (secondary N) is 1. The third-order valence-electron chi connectivity index (χ3n) is 7.55. The van der Waals surface area contributed by atoms with Crippen LogP contribution in [0.3, 0.4) is 0 Å². The average molecular weight is 705 g/mol. The smallest absolute Gasteiger partial charge is 0.242 e. The van der Waals surface area contributed by atoms with Gasteiger partial charge >= 0.3 is 0 Å². The van der Waals surface area contributed by atoms with Gasteiger partial charge in [-0.15, -0.1) is 15.3 Å². The fourth-order valence-corrected chi connectivity index (χ4v) is 8.40. The molecule has 0 unspecified atom stereocenters. The molecule has 3 heterocycles. The molecule has 16 nitrogen and oxygen atoms in total. The van der Waals surface area contributed by atoms with Crippen molar-refractivity contribution in [2.24, 2.45) is 5.73 Å². The highest BCUT2D eigenvalue weighted by Gasteiger charge is 2.34. The summed E-state index contributed by atoms with van der Waals surface area (Å²) in [5, 5.41) is 17.2. The Morgan fingerprint density at radius 2 is 1.51 bits per heavy atom. The molecule has 0 aliphatic carbocycles. The molecule has 3 aromatic carbocycles. The van der Waals surface area contributed by atoms with Gasteiger partial charge in [-0.1, -0.05) is 36.4 Å². The Morgan fingerprint density at radius 1 is 0.837 bits per heavy atom.